The summed E-state index contributed by atoms with van der Waals surface area (Å²) >= 11 is 0. The summed E-state index contributed by atoms with van der Waals surface area (Å²) in [5.74, 6) is 0.0230. The Morgan fingerprint density at radius 3 is 2.41 bits per heavy atom. The number of rotatable bonds is 6. The van der Waals surface area contributed by atoms with Crippen LogP contribution in [0.1, 0.15) is 28.7 Å². The van der Waals surface area contributed by atoms with Gasteiger partial charge >= 0.3 is 0 Å². The average molecular weight is 297 g/mol. The zero-order valence-electron chi connectivity index (χ0n) is 13.2. The van der Waals surface area contributed by atoms with Gasteiger partial charge in [-0.2, -0.15) is 0 Å². The molecule has 0 bridgehead atoms. The van der Waals surface area contributed by atoms with E-state index in [1.807, 2.05) is 24.3 Å². The van der Waals surface area contributed by atoms with Crippen LogP contribution in [-0.2, 0) is 17.6 Å². The second-order valence-electron chi connectivity index (χ2n) is 5.65. The molecule has 3 nitrogen and oxygen atoms in total. The highest BCUT2D eigenvalue weighted by Gasteiger charge is 2.05. The number of aliphatic hydroxyl groups excluding tert-OH is 1. The van der Waals surface area contributed by atoms with Crippen LogP contribution in [0, 0.1) is 13.8 Å². The normalized spacial score (nSPS) is 10.5. The fourth-order valence-corrected chi connectivity index (χ4v) is 2.48. The molecule has 0 fully saturated rings. The number of aliphatic hydroxyl groups is 1. The molecule has 0 unspecified atom stereocenters. The van der Waals surface area contributed by atoms with Crippen LogP contribution in [0.2, 0.25) is 0 Å². The van der Waals surface area contributed by atoms with E-state index in [1.54, 1.807) is 0 Å². The SMILES string of the molecule is Cc1ccc(CCC(=O)Nc2ccc(CCO)cc2)c(C)c1. The summed E-state index contributed by atoms with van der Waals surface area (Å²) in [7, 11) is 0. The highest BCUT2D eigenvalue weighted by molar-refractivity contribution is 5.90. The van der Waals surface area contributed by atoms with Gasteiger partial charge in [0.05, 0.1) is 0 Å². The van der Waals surface area contributed by atoms with Crippen molar-refractivity contribution >= 4 is 11.6 Å². The monoisotopic (exact) mass is 297 g/mol. The highest BCUT2D eigenvalue weighted by atomic mass is 16.2. The molecule has 0 radical (unpaired) electrons. The first-order chi connectivity index (χ1) is 10.6. The maximum Gasteiger partial charge on any atom is 0.224 e. The number of carbonyl (C=O) groups is 1. The Kier molecular flexibility index (Phi) is 5.73. The lowest BCUT2D eigenvalue weighted by Crippen LogP contribution is -2.12. The van der Waals surface area contributed by atoms with Crippen molar-refractivity contribution in [1.29, 1.82) is 0 Å². The highest BCUT2D eigenvalue weighted by Crippen LogP contribution is 2.14. The summed E-state index contributed by atoms with van der Waals surface area (Å²) in [6, 6.07) is 13.9. The summed E-state index contributed by atoms with van der Waals surface area (Å²) < 4.78 is 0. The van der Waals surface area contributed by atoms with Crippen molar-refractivity contribution in [2.24, 2.45) is 0 Å². The minimum atomic E-state index is 0.0230. The number of nitrogens with one attached hydrogen (secondary N) is 1. The summed E-state index contributed by atoms with van der Waals surface area (Å²) in [6.45, 7) is 4.30. The van der Waals surface area contributed by atoms with Gasteiger partial charge in [0.2, 0.25) is 5.91 Å². The minimum absolute atomic E-state index is 0.0230. The van der Waals surface area contributed by atoms with Crippen LogP contribution in [0.4, 0.5) is 5.69 Å². The quantitative estimate of drug-likeness (QED) is 0.858. The van der Waals surface area contributed by atoms with Gasteiger partial charge in [-0.1, -0.05) is 35.9 Å². The molecule has 22 heavy (non-hydrogen) atoms. The number of anilines is 1. The Labute approximate surface area is 132 Å². The van der Waals surface area contributed by atoms with Crippen LogP contribution < -0.4 is 5.32 Å². The Hall–Kier alpha value is -2.13. The first-order valence-corrected chi connectivity index (χ1v) is 7.64. The summed E-state index contributed by atoms with van der Waals surface area (Å²) in [4.78, 5) is 12.0. The van der Waals surface area contributed by atoms with Crippen molar-refractivity contribution in [2.75, 3.05) is 11.9 Å². The fourth-order valence-electron chi connectivity index (χ4n) is 2.48. The van der Waals surface area contributed by atoms with Crippen LogP contribution in [0.15, 0.2) is 42.5 Å². The Bertz CT molecular complexity index is 632. The number of aryl methyl sites for hydroxylation is 3. The smallest absolute Gasteiger partial charge is 0.224 e. The topological polar surface area (TPSA) is 49.3 Å². The maximum atomic E-state index is 12.0. The molecule has 2 aromatic rings. The lowest BCUT2D eigenvalue weighted by Gasteiger charge is -2.08. The van der Waals surface area contributed by atoms with Gasteiger partial charge in [-0.25, -0.2) is 0 Å². The van der Waals surface area contributed by atoms with Gasteiger partial charge in [0.25, 0.3) is 0 Å². The first kappa shape index (κ1) is 16.2. The van der Waals surface area contributed by atoms with Crippen LogP contribution in [0.25, 0.3) is 0 Å². The van der Waals surface area contributed by atoms with Gasteiger partial charge in [0.15, 0.2) is 0 Å². The summed E-state index contributed by atoms with van der Waals surface area (Å²) in [6.07, 6.45) is 1.86. The van der Waals surface area contributed by atoms with E-state index in [0.717, 1.165) is 17.7 Å². The molecule has 2 rings (SSSR count). The Balaban J connectivity index is 1.87. The van der Waals surface area contributed by atoms with Gasteiger partial charge in [0.1, 0.15) is 0 Å². The van der Waals surface area contributed by atoms with Crippen LogP contribution >= 0.6 is 0 Å². The molecule has 1 amide bonds. The zero-order chi connectivity index (χ0) is 15.9. The number of carbonyl (C=O) groups excluding carboxylic acids is 1. The molecule has 0 saturated heterocycles. The molecule has 0 aromatic heterocycles. The van der Waals surface area contributed by atoms with Crippen LogP contribution in [0.5, 0.6) is 0 Å². The molecule has 0 aliphatic carbocycles. The third-order valence-electron chi connectivity index (χ3n) is 3.76. The van der Waals surface area contributed by atoms with Crippen molar-refractivity contribution in [1.82, 2.24) is 0 Å². The van der Waals surface area contributed by atoms with Gasteiger partial charge in [-0.05, 0) is 55.5 Å². The summed E-state index contributed by atoms with van der Waals surface area (Å²) in [5, 5.41) is 11.8. The van der Waals surface area contributed by atoms with E-state index >= 15 is 0 Å². The molecule has 0 saturated carbocycles. The third kappa shape index (κ3) is 4.71. The van der Waals surface area contributed by atoms with E-state index in [4.69, 9.17) is 5.11 Å². The van der Waals surface area contributed by atoms with E-state index in [9.17, 15) is 4.79 Å². The number of amides is 1. The maximum absolute atomic E-state index is 12.0. The van der Waals surface area contributed by atoms with Gasteiger partial charge in [0, 0.05) is 18.7 Å². The molecule has 3 heteroatoms. The molecule has 2 aromatic carbocycles. The molecule has 0 spiro atoms. The van der Waals surface area contributed by atoms with Gasteiger partial charge in [-0.3, -0.25) is 4.79 Å². The lowest BCUT2D eigenvalue weighted by atomic mass is 10.0. The van der Waals surface area contributed by atoms with Crippen molar-refractivity contribution < 1.29 is 9.90 Å². The second-order valence-corrected chi connectivity index (χ2v) is 5.65. The van der Waals surface area contributed by atoms with Crippen LogP contribution in [0.3, 0.4) is 0 Å². The largest absolute Gasteiger partial charge is 0.396 e. The molecule has 2 N–H and O–H groups in total. The Morgan fingerprint density at radius 1 is 1.05 bits per heavy atom. The van der Waals surface area contributed by atoms with Crippen LogP contribution in [-0.4, -0.2) is 17.6 Å². The Morgan fingerprint density at radius 2 is 1.77 bits per heavy atom. The average Bonchev–Trinajstić information content (AvgIpc) is 2.49. The van der Waals surface area contributed by atoms with Crippen molar-refractivity contribution in [3.8, 4) is 0 Å². The van der Waals surface area contributed by atoms with E-state index in [2.05, 4.69) is 37.4 Å². The van der Waals surface area contributed by atoms with Crippen molar-refractivity contribution in [2.45, 2.75) is 33.1 Å². The van der Waals surface area contributed by atoms with E-state index in [0.29, 0.717) is 12.8 Å². The molecular formula is C19H23NO2. The first-order valence-electron chi connectivity index (χ1n) is 7.64. The van der Waals surface area contributed by atoms with Gasteiger partial charge < -0.3 is 10.4 Å². The molecule has 0 aliphatic rings. The molecule has 0 atom stereocenters. The molecule has 116 valence electrons. The predicted octanol–water partition coefficient (Wildman–Crippen LogP) is 3.41. The fraction of sp³-hybridized carbons (Fsp3) is 0.316. The molecule has 0 aliphatic heterocycles. The standard InChI is InChI=1S/C19H23NO2/c1-14-3-6-17(15(2)13-14)7-10-19(22)20-18-8-4-16(5-9-18)11-12-21/h3-6,8-9,13,21H,7,10-12H2,1-2H3,(H,20,22). The third-order valence-corrected chi connectivity index (χ3v) is 3.76. The number of hydrogen-bond donors (Lipinski definition) is 2. The molecule has 0 heterocycles. The molecular weight excluding hydrogens is 274 g/mol. The minimum Gasteiger partial charge on any atom is -0.396 e. The van der Waals surface area contributed by atoms with Crippen molar-refractivity contribution in [3.05, 3.63) is 64.7 Å². The predicted molar refractivity (Wildman–Crippen MR) is 90.1 cm³/mol. The van der Waals surface area contributed by atoms with E-state index in [1.165, 1.54) is 16.7 Å². The van der Waals surface area contributed by atoms with Crippen molar-refractivity contribution in [3.63, 3.8) is 0 Å². The van der Waals surface area contributed by atoms with Gasteiger partial charge in [-0.15, -0.1) is 0 Å². The van der Waals surface area contributed by atoms with E-state index < -0.39 is 0 Å². The number of hydrogen-bond acceptors (Lipinski definition) is 2. The zero-order valence-corrected chi connectivity index (χ0v) is 13.2. The second kappa shape index (κ2) is 7.76. The lowest BCUT2D eigenvalue weighted by molar-refractivity contribution is -0.116. The summed E-state index contributed by atoms with van der Waals surface area (Å²) in [5.41, 5.74) is 5.57. The van der Waals surface area contributed by atoms with E-state index in [-0.39, 0.29) is 12.5 Å². The number of benzene rings is 2.